The number of nitrogens with one attached hydrogen (secondary N) is 1. The summed E-state index contributed by atoms with van der Waals surface area (Å²) in [7, 11) is 0. The summed E-state index contributed by atoms with van der Waals surface area (Å²) in [5.41, 5.74) is 0. The van der Waals surface area contributed by atoms with Crippen LogP contribution in [0.4, 0.5) is 5.82 Å². The highest BCUT2D eigenvalue weighted by Crippen LogP contribution is 2.37. The van der Waals surface area contributed by atoms with Crippen LogP contribution in [0, 0.1) is 17.8 Å². The van der Waals surface area contributed by atoms with Crippen LogP contribution in [0.5, 0.6) is 0 Å². The lowest BCUT2D eigenvalue weighted by molar-refractivity contribution is -0.147. The van der Waals surface area contributed by atoms with Gasteiger partial charge in [-0.2, -0.15) is 0 Å². The number of halogens is 1. The number of pyridine rings is 1. The SMILES string of the molecule is CC(C)CC(C(=O)Nc1ccc(Cl)cn1)N1C(=O)C2CC=CCC2C1=O. The third kappa shape index (κ3) is 3.65. The van der Waals surface area contributed by atoms with Crippen LogP contribution in [0.25, 0.3) is 0 Å². The smallest absolute Gasteiger partial charge is 0.248 e. The number of fused-ring (bicyclic) bond motifs is 1. The molecule has 7 heteroatoms. The van der Waals surface area contributed by atoms with E-state index in [2.05, 4.69) is 10.3 Å². The van der Waals surface area contributed by atoms with Crippen LogP contribution < -0.4 is 5.32 Å². The highest BCUT2D eigenvalue weighted by molar-refractivity contribution is 6.30. The molecule has 0 aromatic carbocycles. The second kappa shape index (κ2) is 7.58. The number of imide groups is 1. The predicted octanol–water partition coefficient (Wildman–Crippen LogP) is 3.04. The van der Waals surface area contributed by atoms with Crippen molar-refractivity contribution in [1.29, 1.82) is 0 Å². The molecule has 1 fully saturated rings. The fourth-order valence-electron chi connectivity index (χ4n) is 3.57. The van der Waals surface area contributed by atoms with E-state index in [-0.39, 0.29) is 29.6 Å². The van der Waals surface area contributed by atoms with Gasteiger partial charge in [0.2, 0.25) is 17.7 Å². The fraction of sp³-hybridized carbons (Fsp3) is 0.474. The van der Waals surface area contributed by atoms with Gasteiger partial charge in [-0.1, -0.05) is 37.6 Å². The summed E-state index contributed by atoms with van der Waals surface area (Å²) >= 11 is 5.81. The van der Waals surface area contributed by atoms with E-state index in [1.54, 1.807) is 12.1 Å². The summed E-state index contributed by atoms with van der Waals surface area (Å²) in [6.45, 7) is 3.92. The second-order valence-corrected chi connectivity index (χ2v) is 7.63. The lowest BCUT2D eigenvalue weighted by Crippen LogP contribution is -2.48. The van der Waals surface area contributed by atoms with Gasteiger partial charge < -0.3 is 5.32 Å². The predicted molar refractivity (Wildman–Crippen MR) is 98.3 cm³/mol. The maximum absolute atomic E-state index is 12.9. The number of aromatic nitrogens is 1. The molecular weight excluding hydrogens is 354 g/mol. The molecule has 3 atom stereocenters. The van der Waals surface area contributed by atoms with Crippen LogP contribution in [0.2, 0.25) is 5.02 Å². The minimum Gasteiger partial charge on any atom is -0.309 e. The van der Waals surface area contributed by atoms with Gasteiger partial charge in [0.25, 0.3) is 0 Å². The van der Waals surface area contributed by atoms with Crippen molar-refractivity contribution in [3.05, 3.63) is 35.5 Å². The molecule has 1 aromatic rings. The number of hydrogen-bond acceptors (Lipinski definition) is 4. The molecule has 3 amide bonds. The lowest BCUT2D eigenvalue weighted by Gasteiger charge is -2.27. The van der Waals surface area contributed by atoms with Crippen LogP contribution in [-0.2, 0) is 14.4 Å². The Kier molecular flexibility index (Phi) is 5.41. The monoisotopic (exact) mass is 375 g/mol. The number of likely N-dealkylation sites (tertiary alicyclic amines) is 1. The van der Waals surface area contributed by atoms with Crippen LogP contribution >= 0.6 is 11.6 Å². The van der Waals surface area contributed by atoms with Crippen LogP contribution in [0.3, 0.4) is 0 Å². The first kappa shape index (κ1) is 18.6. The number of rotatable bonds is 5. The number of anilines is 1. The van der Waals surface area contributed by atoms with Gasteiger partial charge in [-0.25, -0.2) is 4.98 Å². The molecule has 0 bridgehead atoms. The molecule has 1 N–H and O–H groups in total. The summed E-state index contributed by atoms with van der Waals surface area (Å²) in [5.74, 6) is -1.09. The quantitative estimate of drug-likeness (QED) is 0.633. The average Bonchev–Trinajstić information content (AvgIpc) is 2.86. The maximum Gasteiger partial charge on any atom is 0.248 e. The zero-order valence-corrected chi connectivity index (χ0v) is 15.6. The molecule has 3 rings (SSSR count). The Hall–Kier alpha value is -2.21. The number of carbonyl (C=O) groups is 3. The first-order chi connectivity index (χ1) is 12.4. The third-order valence-electron chi connectivity index (χ3n) is 4.83. The van der Waals surface area contributed by atoms with E-state index < -0.39 is 11.9 Å². The molecule has 3 unspecified atom stereocenters. The zero-order chi connectivity index (χ0) is 18.8. The Morgan fingerprint density at radius 2 is 1.85 bits per heavy atom. The van der Waals surface area contributed by atoms with Gasteiger partial charge in [-0.15, -0.1) is 0 Å². The lowest BCUT2D eigenvalue weighted by atomic mass is 9.85. The number of nitrogens with zero attached hydrogens (tertiary/aromatic N) is 2. The van der Waals surface area contributed by atoms with Crippen molar-refractivity contribution in [1.82, 2.24) is 9.88 Å². The van der Waals surface area contributed by atoms with Gasteiger partial charge in [0.05, 0.1) is 16.9 Å². The van der Waals surface area contributed by atoms with Gasteiger partial charge in [-0.05, 0) is 37.3 Å². The highest BCUT2D eigenvalue weighted by atomic mass is 35.5. The van der Waals surface area contributed by atoms with Crippen LogP contribution in [0.1, 0.15) is 33.1 Å². The minimum absolute atomic E-state index is 0.144. The third-order valence-corrected chi connectivity index (χ3v) is 5.05. The molecule has 2 heterocycles. The van der Waals surface area contributed by atoms with E-state index >= 15 is 0 Å². The van der Waals surface area contributed by atoms with E-state index in [1.165, 1.54) is 11.1 Å². The maximum atomic E-state index is 12.9. The number of amides is 3. The minimum atomic E-state index is -0.835. The molecule has 1 aliphatic heterocycles. The Balaban J connectivity index is 1.83. The van der Waals surface area contributed by atoms with Gasteiger partial charge in [0.15, 0.2) is 0 Å². The normalized spacial score (nSPS) is 23.3. The Bertz CT molecular complexity index is 719. The summed E-state index contributed by atoms with van der Waals surface area (Å²) < 4.78 is 0. The van der Waals surface area contributed by atoms with Crippen LogP contribution in [0.15, 0.2) is 30.5 Å². The van der Waals surface area contributed by atoms with Crippen molar-refractivity contribution in [3.8, 4) is 0 Å². The van der Waals surface area contributed by atoms with Gasteiger partial charge >= 0.3 is 0 Å². The summed E-state index contributed by atoms with van der Waals surface area (Å²) in [6.07, 6.45) is 6.82. The number of allylic oxidation sites excluding steroid dienone is 2. The van der Waals surface area contributed by atoms with Crippen molar-refractivity contribution in [2.45, 2.75) is 39.2 Å². The van der Waals surface area contributed by atoms with Crippen LogP contribution in [-0.4, -0.2) is 33.6 Å². The summed E-state index contributed by atoms with van der Waals surface area (Å²) in [5, 5.41) is 3.16. The molecule has 2 aliphatic rings. The molecule has 1 aliphatic carbocycles. The Morgan fingerprint density at radius 3 is 2.35 bits per heavy atom. The Labute approximate surface area is 157 Å². The molecule has 1 saturated heterocycles. The molecule has 6 nitrogen and oxygen atoms in total. The van der Waals surface area contributed by atoms with Crippen molar-refractivity contribution >= 4 is 35.1 Å². The van der Waals surface area contributed by atoms with E-state index in [0.717, 1.165) is 0 Å². The molecular formula is C19H22ClN3O3. The molecule has 0 saturated carbocycles. The van der Waals surface area contributed by atoms with E-state index in [9.17, 15) is 14.4 Å². The van der Waals surface area contributed by atoms with Gasteiger partial charge in [0, 0.05) is 6.20 Å². The van der Waals surface area contributed by atoms with Crippen molar-refractivity contribution < 1.29 is 14.4 Å². The first-order valence-corrected chi connectivity index (χ1v) is 9.20. The second-order valence-electron chi connectivity index (χ2n) is 7.20. The van der Waals surface area contributed by atoms with Gasteiger partial charge in [-0.3, -0.25) is 19.3 Å². The topological polar surface area (TPSA) is 79.4 Å². The van der Waals surface area contributed by atoms with E-state index in [4.69, 9.17) is 11.6 Å². The van der Waals surface area contributed by atoms with Gasteiger partial charge in [0.1, 0.15) is 11.9 Å². The average molecular weight is 376 g/mol. The molecule has 1 aromatic heterocycles. The van der Waals surface area contributed by atoms with Crippen molar-refractivity contribution in [2.24, 2.45) is 17.8 Å². The molecule has 26 heavy (non-hydrogen) atoms. The number of hydrogen-bond donors (Lipinski definition) is 1. The summed E-state index contributed by atoms with van der Waals surface area (Å²) in [4.78, 5) is 43.8. The van der Waals surface area contributed by atoms with E-state index in [1.807, 2.05) is 26.0 Å². The molecule has 0 spiro atoms. The first-order valence-electron chi connectivity index (χ1n) is 8.82. The van der Waals surface area contributed by atoms with Crippen molar-refractivity contribution in [2.75, 3.05) is 5.32 Å². The fourth-order valence-corrected chi connectivity index (χ4v) is 3.68. The summed E-state index contributed by atoms with van der Waals surface area (Å²) in [6, 6.07) is 2.37. The standard InChI is InChI=1S/C19H22ClN3O3/c1-11(2)9-15(17(24)22-16-8-7-12(20)10-21-16)23-18(25)13-5-3-4-6-14(13)19(23)26/h3-4,7-8,10-11,13-15H,5-6,9H2,1-2H3,(H,21,22,24). The largest absolute Gasteiger partial charge is 0.309 e. The highest BCUT2D eigenvalue weighted by Gasteiger charge is 2.51. The molecule has 0 radical (unpaired) electrons. The van der Waals surface area contributed by atoms with E-state index in [0.29, 0.717) is 30.1 Å². The molecule has 138 valence electrons. The number of carbonyl (C=O) groups excluding carboxylic acids is 3. The van der Waals surface area contributed by atoms with Crippen molar-refractivity contribution in [3.63, 3.8) is 0 Å². The Morgan fingerprint density at radius 1 is 1.23 bits per heavy atom. The zero-order valence-electron chi connectivity index (χ0n) is 14.8.